The smallest absolute Gasteiger partial charge is 0.258 e. The van der Waals surface area contributed by atoms with Crippen molar-refractivity contribution in [1.29, 1.82) is 0 Å². The lowest BCUT2D eigenvalue weighted by Gasteiger charge is -2.07. The van der Waals surface area contributed by atoms with E-state index in [-0.39, 0.29) is 24.0 Å². The van der Waals surface area contributed by atoms with Crippen molar-refractivity contribution in [1.82, 2.24) is 10.1 Å². The standard InChI is InChI=1S/C19H18ClN3O4/c1-11-4-6-13(20)9-14(11)21-18(24)10-17-22-19(27-23-17)12-5-7-15(25-2)16(8-12)26-3/h4-9H,10H2,1-3H3,(H,21,24). The molecule has 1 heterocycles. The molecule has 0 spiro atoms. The number of methoxy groups -OCH3 is 2. The van der Waals surface area contributed by atoms with Gasteiger partial charge in [0.2, 0.25) is 5.91 Å². The molecule has 8 heteroatoms. The van der Waals surface area contributed by atoms with E-state index in [0.717, 1.165) is 5.56 Å². The van der Waals surface area contributed by atoms with E-state index < -0.39 is 0 Å². The number of hydrogen-bond donors (Lipinski definition) is 1. The van der Waals surface area contributed by atoms with Gasteiger partial charge >= 0.3 is 0 Å². The molecule has 0 aliphatic heterocycles. The van der Waals surface area contributed by atoms with Crippen LogP contribution in [0, 0.1) is 6.92 Å². The maximum Gasteiger partial charge on any atom is 0.258 e. The number of carbonyl (C=O) groups excluding carboxylic acids is 1. The first-order chi connectivity index (χ1) is 13.0. The Kier molecular flexibility index (Phi) is 5.61. The Morgan fingerprint density at radius 3 is 2.67 bits per heavy atom. The highest BCUT2D eigenvalue weighted by atomic mass is 35.5. The quantitative estimate of drug-likeness (QED) is 0.690. The molecular formula is C19H18ClN3O4. The lowest BCUT2D eigenvalue weighted by atomic mass is 10.2. The van der Waals surface area contributed by atoms with E-state index >= 15 is 0 Å². The van der Waals surface area contributed by atoms with Crippen molar-refractivity contribution in [3.05, 3.63) is 52.8 Å². The number of aryl methyl sites for hydroxylation is 1. The number of anilines is 1. The third-order valence-electron chi connectivity index (χ3n) is 3.89. The van der Waals surface area contributed by atoms with Crippen molar-refractivity contribution in [2.45, 2.75) is 13.3 Å². The summed E-state index contributed by atoms with van der Waals surface area (Å²) in [7, 11) is 3.10. The van der Waals surface area contributed by atoms with Gasteiger partial charge in [0.15, 0.2) is 17.3 Å². The maximum atomic E-state index is 12.3. The topological polar surface area (TPSA) is 86.5 Å². The van der Waals surface area contributed by atoms with E-state index in [1.165, 1.54) is 0 Å². The van der Waals surface area contributed by atoms with E-state index in [1.807, 2.05) is 13.0 Å². The number of nitrogens with zero attached hydrogens (tertiary/aromatic N) is 2. The summed E-state index contributed by atoms with van der Waals surface area (Å²) in [5, 5.41) is 7.21. The molecule has 1 N–H and O–H groups in total. The highest BCUT2D eigenvalue weighted by Crippen LogP contribution is 2.31. The molecule has 27 heavy (non-hydrogen) atoms. The first kappa shape index (κ1) is 18.7. The largest absolute Gasteiger partial charge is 0.493 e. The van der Waals surface area contributed by atoms with Gasteiger partial charge in [0.25, 0.3) is 5.89 Å². The molecule has 0 radical (unpaired) electrons. The second-order valence-corrected chi connectivity index (χ2v) is 6.21. The summed E-state index contributed by atoms with van der Waals surface area (Å²) in [5.41, 5.74) is 2.22. The van der Waals surface area contributed by atoms with Gasteiger partial charge in [-0.1, -0.05) is 22.8 Å². The second kappa shape index (κ2) is 8.09. The lowest BCUT2D eigenvalue weighted by molar-refractivity contribution is -0.115. The number of hydrogen-bond acceptors (Lipinski definition) is 6. The van der Waals surface area contributed by atoms with E-state index in [9.17, 15) is 4.79 Å². The highest BCUT2D eigenvalue weighted by molar-refractivity contribution is 6.31. The molecule has 0 saturated carbocycles. The number of carbonyl (C=O) groups is 1. The molecule has 0 fully saturated rings. The van der Waals surface area contributed by atoms with Gasteiger partial charge in [0.05, 0.1) is 20.6 Å². The van der Waals surface area contributed by atoms with Gasteiger partial charge in [-0.2, -0.15) is 4.98 Å². The summed E-state index contributed by atoms with van der Waals surface area (Å²) < 4.78 is 15.7. The zero-order valence-electron chi connectivity index (χ0n) is 15.1. The summed E-state index contributed by atoms with van der Waals surface area (Å²) in [6.45, 7) is 1.88. The molecular weight excluding hydrogens is 370 g/mol. The average Bonchev–Trinajstić information content (AvgIpc) is 3.12. The second-order valence-electron chi connectivity index (χ2n) is 5.77. The summed E-state index contributed by atoms with van der Waals surface area (Å²) in [4.78, 5) is 16.5. The van der Waals surface area contributed by atoms with Gasteiger partial charge in [-0.05, 0) is 42.8 Å². The summed E-state index contributed by atoms with van der Waals surface area (Å²) in [6.07, 6.45) is -0.0251. The van der Waals surface area contributed by atoms with Crippen molar-refractivity contribution in [3.8, 4) is 23.0 Å². The number of benzene rings is 2. The highest BCUT2D eigenvalue weighted by Gasteiger charge is 2.15. The molecule has 0 aliphatic carbocycles. The normalized spacial score (nSPS) is 10.5. The molecule has 2 aromatic carbocycles. The lowest BCUT2D eigenvalue weighted by Crippen LogP contribution is -2.15. The van der Waals surface area contributed by atoms with Crippen LogP contribution in [0.25, 0.3) is 11.5 Å². The summed E-state index contributed by atoms with van der Waals surface area (Å²) >= 11 is 5.97. The predicted molar refractivity (Wildman–Crippen MR) is 101 cm³/mol. The van der Waals surface area contributed by atoms with Crippen molar-refractivity contribution in [2.75, 3.05) is 19.5 Å². The van der Waals surface area contributed by atoms with E-state index in [1.54, 1.807) is 44.6 Å². The first-order valence-corrected chi connectivity index (χ1v) is 8.49. The number of ether oxygens (including phenoxy) is 2. The third kappa shape index (κ3) is 4.38. The molecule has 1 amide bonds. The Labute approximate surface area is 161 Å². The van der Waals surface area contributed by atoms with Crippen LogP contribution in [-0.4, -0.2) is 30.3 Å². The Hall–Kier alpha value is -3.06. The van der Waals surface area contributed by atoms with Crippen LogP contribution in [-0.2, 0) is 11.2 Å². The minimum Gasteiger partial charge on any atom is -0.493 e. The zero-order valence-corrected chi connectivity index (χ0v) is 15.8. The fourth-order valence-corrected chi connectivity index (χ4v) is 2.65. The predicted octanol–water partition coefficient (Wildman–Crippen LogP) is 3.90. The number of halogens is 1. The van der Waals surface area contributed by atoms with Crippen molar-refractivity contribution >= 4 is 23.2 Å². The van der Waals surface area contributed by atoms with Gasteiger partial charge in [-0.25, -0.2) is 0 Å². The fourth-order valence-electron chi connectivity index (χ4n) is 2.48. The monoisotopic (exact) mass is 387 g/mol. The molecule has 0 unspecified atom stereocenters. The minimum absolute atomic E-state index is 0.0251. The van der Waals surface area contributed by atoms with Crippen LogP contribution in [0.4, 0.5) is 5.69 Å². The van der Waals surface area contributed by atoms with E-state index in [0.29, 0.717) is 27.8 Å². The van der Waals surface area contributed by atoms with Crippen LogP contribution in [0.15, 0.2) is 40.9 Å². The summed E-state index contributed by atoms with van der Waals surface area (Å²) in [6, 6.07) is 10.5. The Morgan fingerprint density at radius 1 is 1.15 bits per heavy atom. The molecule has 3 aromatic rings. The SMILES string of the molecule is COc1ccc(-c2nc(CC(=O)Nc3cc(Cl)ccc3C)no2)cc1OC. The summed E-state index contributed by atoms with van der Waals surface area (Å²) in [5.74, 6) is 1.44. The number of amides is 1. The van der Waals surface area contributed by atoms with Crippen molar-refractivity contribution < 1.29 is 18.8 Å². The Morgan fingerprint density at radius 2 is 1.93 bits per heavy atom. The Bertz CT molecular complexity index is 971. The van der Waals surface area contributed by atoms with Crippen LogP contribution in [0.5, 0.6) is 11.5 Å². The minimum atomic E-state index is -0.264. The molecule has 7 nitrogen and oxygen atoms in total. The van der Waals surface area contributed by atoms with Gasteiger partial charge in [0.1, 0.15) is 0 Å². The average molecular weight is 388 g/mol. The van der Waals surface area contributed by atoms with Gasteiger partial charge in [-0.15, -0.1) is 0 Å². The molecule has 140 valence electrons. The molecule has 3 rings (SSSR count). The van der Waals surface area contributed by atoms with Crippen LogP contribution in [0.3, 0.4) is 0 Å². The fraction of sp³-hybridized carbons (Fsp3) is 0.211. The first-order valence-electron chi connectivity index (χ1n) is 8.11. The van der Waals surface area contributed by atoms with E-state index in [2.05, 4.69) is 15.5 Å². The van der Waals surface area contributed by atoms with E-state index in [4.69, 9.17) is 25.6 Å². The molecule has 0 saturated heterocycles. The van der Waals surface area contributed by atoms with Gasteiger partial charge in [-0.3, -0.25) is 4.79 Å². The third-order valence-corrected chi connectivity index (χ3v) is 4.13. The number of rotatable bonds is 6. The zero-order chi connectivity index (χ0) is 19.4. The van der Waals surface area contributed by atoms with Gasteiger partial charge in [0, 0.05) is 16.3 Å². The Balaban J connectivity index is 1.72. The van der Waals surface area contributed by atoms with Gasteiger partial charge < -0.3 is 19.3 Å². The van der Waals surface area contributed by atoms with Crippen LogP contribution >= 0.6 is 11.6 Å². The van der Waals surface area contributed by atoms with Crippen LogP contribution in [0.2, 0.25) is 5.02 Å². The molecule has 0 atom stereocenters. The molecule has 0 bridgehead atoms. The molecule has 0 aliphatic rings. The molecule has 1 aromatic heterocycles. The van der Waals surface area contributed by atoms with Crippen LogP contribution < -0.4 is 14.8 Å². The van der Waals surface area contributed by atoms with Crippen LogP contribution in [0.1, 0.15) is 11.4 Å². The van der Waals surface area contributed by atoms with Crippen molar-refractivity contribution in [2.24, 2.45) is 0 Å². The number of nitrogens with one attached hydrogen (secondary N) is 1. The van der Waals surface area contributed by atoms with Crippen molar-refractivity contribution in [3.63, 3.8) is 0 Å². The maximum absolute atomic E-state index is 12.3. The number of aromatic nitrogens is 2.